The second-order valence-corrected chi connectivity index (χ2v) is 3.01. The minimum Gasteiger partial charge on any atom is -0.344 e. The molecule has 0 aliphatic rings. The van der Waals surface area contributed by atoms with Gasteiger partial charge in [0.25, 0.3) is 0 Å². The Hall–Kier alpha value is -1.48. The van der Waals surface area contributed by atoms with E-state index in [-0.39, 0.29) is 5.91 Å². The third kappa shape index (κ3) is 2.78. The summed E-state index contributed by atoms with van der Waals surface area (Å²) < 4.78 is 0. The molecule has 0 aromatic heterocycles. The van der Waals surface area contributed by atoms with E-state index in [1.54, 1.807) is 6.92 Å². The van der Waals surface area contributed by atoms with Crippen LogP contribution in [-0.2, 0) is 4.79 Å². The summed E-state index contributed by atoms with van der Waals surface area (Å²) in [6.45, 7) is 5.72. The topological polar surface area (TPSA) is 52.9 Å². The molecule has 0 rings (SSSR count). The Balaban J connectivity index is 4.44. The van der Waals surface area contributed by atoms with Crippen LogP contribution in [0.3, 0.4) is 0 Å². The normalized spacial score (nSPS) is 9.57. The van der Waals surface area contributed by atoms with E-state index in [1.807, 2.05) is 13.8 Å². The van der Waals surface area contributed by atoms with Crippen molar-refractivity contribution in [3.8, 4) is 17.9 Å². The van der Waals surface area contributed by atoms with E-state index >= 15 is 0 Å². The maximum atomic E-state index is 11.6. The third-order valence-corrected chi connectivity index (χ3v) is 2.37. The Labute approximate surface area is 85.5 Å². The molecule has 0 radical (unpaired) electrons. The number of hydrogen-bond donors (Lipinski definition) is 1. The van der Waals surface area contributed by atoms with Crippen LogP contribution >= 0.6 is 0 Å². The van der Waals surface area contributed by atoms with Crippen molar-refractivity contribution in [3.05, 3.63) is 0 Å². The summed E-state index contributed by atoms with van der Waals surface area (Å²) in [5, 5.41) is 11.6. The van der Waals surface area contributed by atoms with Crippen molar-refractivity contribution in [1.82, 2.24) is 5.32 Å². The van der Waals surface area contributed by atoms with E-state index in [0.29, 0.717) is 19.4 Å². The van der Waals surface area contributed by atoms with Crippen LogP contribution in [0, 0.1) is 28.6 Å². The fraction of sp³-hybridized carbons (Fsp3) is 0.636. The van der Waals surface area contributed by atoms with Crippen LogP contribution in [0.4, 0.5) is 0 Å². The minimum absolute atomic E-state index is 0.215. The predicted octanol–water partition coefficient (Wildman–Crippen LogP) is 1.46. The molecule has 0 saturated carbocycles. The first-order valence-corrected chi connectivity index (χ1v) is 4.76. The van der Waals surface area contributed by atoms with Crippen molar-refractivity contribution in [1.29, 1.82) is 5.26 Å². The smallest absolute Gasteiger partial charge is 0.241 e. The molecule has 1 N–H and O–H groups in total. The summed E-state index contributed by atoms with van der Waals surface area (Å²) in [4.78, 5) is 11.6. The molecule has 0 bridgehead atoms. The average Bonchev–Trinajstić information content (AvgIpc) is 2.22. The second-order valence-electron chi connectivity index (χ2n) is 3.01. The van der Waals surface area contributed by atoms with Gasteiger partial charge in [-0.15, -0.1) is 5.92 Å². The standard InChI is InChI=1S/C11H16N2O/c1-4-7-8-13-10(14)11(5-2,6-3)9-12/h5-6,8H2,1-3H3,(H,13,14). The van der Waals surface area contributed by atoms with Gasteiger partial charge in [-0.3, -0.25) is 4.79 Å². The van der Waals surface area contributed by atoms with Crippen molar-refractivity contribution in [2.24, 2.45) is 5.41 Å². The van der Waals surface area contributed by atoms with E-state index in [9.17, 15) is 4.79 Å². The molecule has 3 nitrogen and oxygen atoms in total. The van der Waals surface area contributed by atoms with Gasteiger partial charge in [0.15, 0.2) is 0 Å². The molecule has 1 amide bonds. The molecule has 3 heteroatoms. The Morgan fingerprint density at radius 3 is 2.36 bits per heavy atom. The summed E-state index contributed by atoms with van der Waals surface area (Å²) in [6.07, 6.45) is 1.07. The number of carbonyl (C=O) groups excluding carboxylic acids is 1. The Bertz CT molecular complexity index is 287. The van der Waals surface area contributed by atoms with Crippen LogP contribution in [0.2, 0.25) is 0 Å². The fourth-order valence-electron chi connectivity index (χ4n) is 1.16. The Morgan fingerprint density at radius 1 is 1.43 bits per heavy atom. The molecule has 0 aliphatic heterocycles. The number of nitriles is 1. The van der Waals surface area contributed by atoms with Crippen LogP contribution in [0.5, 0.6) is 0 Å². The van der Waals surface area contributed by atoms with Gasteiger partial charge in [-0.25, -0.2) is 0 Å². The van der Waals surface area contributed by atoms with Crippen LogP contribution < -0.4 is 5.32 Å². The Morgan fingerprint density at radius 2 is 2.00 bits per heavy atom. The number of rotatable bonds is 4. The summed E-state index contributed by atoms with van der Waals surface area (Å²) in [7, 11) is 0. The van der Waals surface area contributed by atoms with Crippen LogP contribution in [0.1, 0.15) is 33.6 Å². The van der Waals surface area contributed by atoms with Gasteiger partial charge < -0.3 is 5.32 Å². The quantitative estimate of drug-likeness (QED) is 0.685. The van der Waals surface area contributed by atoms with E-state index in [0.717, 1.165) is 0 Å². The van der Waals surface area contributed by atoms with Gasteiger partial charge in [0, 0.05) is 0 Å². The van der Waals surface area contributed by atoms with E-state index in [2.05, 4.69) is 23.2 Å². The highest BCUT2D eigenvalue weighted by molar-refractivity contribution is 5.85. The molecule has 0 aromatic rings. The van der Waals surface area contributed by atoms with Crippen LogP contribution in [0.15, 0.2) is 0 Å². The van der Waals surface area contributed by atoms with Gasteiger partial charge in [-0.2, -0.15) is 5.26 Å². The molecule has 0 atom stereocenters. The highest BCUT2D eigenvalue weighted by Crippen LogP contribution is 2.25. The average molecular weight is 192 g/mol. The van der Waals surface area contributed by atoms with Gasteiger partial charge in [-0.1, -0.05) is 19.8 Å². The summed E-state index contributed by atoms with van der Waals surface area (Å²) in [5.41, 5.74) is -0.880. The predicted molar refractivity (Wildman–Crippen MR) is 55.1 cm³/mol. The summed E-state index contributed by atoms with van der Waals surface area (Å²) in [6, 6.07) is 2.08. The molecule has 0 unspecified atom stereocenters. The van der Waals surface area contributed by atoms with Crippen LogP contribution in [-0.4, -0.2) is 12.5 Å². The monoisotopic (exact) mass is 192 g/mol. The maximum absolute atomic E-state index is 11.6. The largest absolute Gasteiger partial charge is 0.344 e. The number of nitrogens with one attached hydrogen (secondary N) is 1. The molecule has 76 valence electrons. The molecule has 0 aromatic carbocycles. The van der Waals surface area contributed by atoms with E-state index in [4.69, 9.17) is 5.26 Å². The number of amides is 1. The van der Waals surface area contributed by atoms with Crippen molar-refractivity contribution in [3.63, 3.8) is 0 Å². The lowest BCUT2D eigenvalue weighted by Crippen LogP contribution is -2.39. The molecule has 0 spiro atoms. The fourth-order valence-corrected chi connectivity index (χ4v) is 1.16. The zero-order valence-electron chi connectivity index (χ0n) is 8.98. The third-order valence-electron chi connectivity index (χ3n) is 2.37. The lowest BCUT2D eigenvalue weighted by Gasteiger charge is -2.21. The molecule has 14 heavy (non-hydrogen) atoms. The van der Waals surface area contributed by atoms with E-state index in [1.165, 1.54) is 0 Å². The highest BCUT2D eigenvalue weighted by Gasteiger charge is 2.34. The maximum Gasteiger partial charge on any atom is 0.241 e. The number of carbonyl (C=O) groups is 1. The second kappa shape index (κ2) is 6.05. The number of nitrogens with zero attached hydrogens (tertiary/aromatic N) is 1. The zero-order valence-corrected chi connectivity index (χ0v) is 8.98. The zero-order chi connectivity index (χ0) is 11.0. The number of hydrogen-bond acceptors (Lipinski definition) is 2. The molecular formula is C11H16N2O. The molecular weight excluding hydrogens is 176 g/mol. The van der Waals surface area contributed by atoms with Gasteiger partial charge in [0.2, 0.25) is 5.91 Å². The van der Waals surface area contributed by atoms with Crippen LogP contribution in [0.25, 0.3) is 0 Å². The van der Waals surface area contributed by atoms with Crippen molar-refractivity contribution < 1.29 is 4.79 Å². The molecule has 0 aliphatic carbocycles. The van der Waals surface area contributed by atoms with Gasteiger partial charge in [0.05, 0.1) is 12.6 Å². The van der Waals surface area contributed by atoms with Crippen molar-refractivity contribution >= 4 is 5.91 Å². The first-order valence-electron chi connectivity index (χ1n) is 4.76. The molecule has 0 heterocycles. The molecule has 0 fully saturated rings. The summed E-state index contributed by atoms with van der Waals surface area (Å²) in [5.74, 6) is 5.20. The lowest BCUT2D eigenvalue weighted by molar-refractivity contribution is -0.128. The van der Waals surface area contributed by atoms with Gasteiger partial charge in [-0.05, 0) is 19.8 Å². The van der Waals surface area contributed by atoms with E-state index < -0.39 is 5.41 Å². The summed E-state index contributed by atoms with van der Waals surface area (Å²) >= 11 is 0. The van der Waals surface area contributed by atoms with Gasteiger partial charge >= 0.3 is 0 Å². The van der Waals surface area contributed by atoms with Crippen molar-refractivity contribution in [2.75, 3.05) is 6.54 Å². The van der Waals surface area contributed by atoms with Gasteiger partial charge in [0.1, 0.15) is 5.41 Å². The highest BCUT2D eigenvalue weighted by atomic mass is 16.2. The minimum atomic E-state index is -0.880. The lowest BCUT2D eigenvalue weighted by atomic mass is 9.83. The Kier molecular flexibility index (Phi) is 5.41. The SMILES string of the molecule is CC#CCNC(=O)C(C#N)(CC)CC. The molecule has 0 saturated heterocycles. The van der Waals surface area contributed by atoms with Crippen molar-refractivity contribution in [2.45, 2.75) is 33.6 Å². The first kappa shape index (κ1) is 12.5. The first-order chi connectivity index (χ1) is 6.66.